The number of aromatic nitrogens is 1. The van der Waals surface area contributed by atoms with E-state index >= 15 is 0 Å². The molecule has 2 heterocycles. The van der Waals surface area contributed by atoms with E-state index in [9.17, 15) is 4.79 Å². The summed E-state index contributed by atoms with van der Waals surface area (Å²) in [5.41, 5.74) is 3.72. The number of pyridine rings is 1. The molecule has 1 atom stereocenters. The van der Waals surface area contributed by atoms with E-state index < -0.39 is 13.7 Å². The van der Waals surface area contributed by atoms with Gasteiger partial charge in [0.05, 0.1) is 18.3 Å². The van der Waals surface area contributed by atoms with Crippen LogP contribution in [0.5, 0.6) is 5.75 Å². The number of rotatable bonds is 2. The van der Waals surface area contributed by atoms with Crippen molar-refractivity contribution in [2.24, 2.45) is 0 Å². The Balaban J connectivity index is 2.02. The molecule has 0 radical (unpaired) electrons. The van der Waals surface area contributed by atoms with Crippen LogP contribution in [0.1, 0.15) is 32.8 Å². The Kier molecular flexibility index (Phi) is 5.78. The summed E-state index contributed by atoms with van der Waals surface area (Å²) in [6, 6.07) is 1.88. The molecule has 1 fully saturated rings. The number of carbonyl (C=O) groups is 1. The van der Waals surface area contributed by atoms with Crippen LogP contribution in [0.15, 0.2) is 18.5 Å². The molecule has 0 unspecified atom stereocenters. The maximum atomic E-state index is 12.2. The highest BCUT2D eigenvalue weighted by Gasteiger charge is 2.31. The van der Waals surface area contributed by atoms with Gasteiger partial charge in [-0.2, -0.15) is 0 Å². The third-order valence-corrected chi connectivity index (χ3v) is 4.32. The smallest absolute Gasteiger partial charge is 0.410 e. The maximum Gasteiger partial charge on any atom is 0.410 e. The molecule has 0 aliphatic carbocycles. The molecule has 1 aromatic rings. The topological polar surface area (TPSA) is 51.7 Å². The largest absolute Gasteiger partial charge is 0.486 e. The molecule has 136 valence electrons. The molecule has 0 aromatic carbocycles. The minimum absolute atomic E-state index is 0.0656. The van der Waals surface area contributed by atoms with E-state index in [4.69, 9.17) is 9.47 Å². The summed E-state index contributed by atoms with van der Waals surface area (Å²) in [6.07, 6.45) is 3.84. The fourth-order valence-corrected chi connectivity index (χ4v) is 2.84. The summed E-state index contributed by atoms with van der Waals surface area (Å²) < 4.78 is 11.5. The monoisotopic (exact) mass is 360 g/mol. The van der Waals surface area contributed by atoms with Crippen LogP contribution in [0.25, 0.3) is 0 Å². The van der Waals surface area contributed by atoms with Crippen LogP contribution in [0.2, 0.25) is 19.6 Å². The van der Waals surface area contributed by atoms with E-state index in [1.807, 2.05) is 26.8 Å². The first-order valence-corrected chi connectivity index (χ1v) is 12.2. The Morgan fingerprint density at radius 1 is 1.36 bits per heavy atom. The van der Waals surface area contributed by atoms with Gasteiger partial charge in [-0.3, -0.25) is 4.98 Å². The number of likely N-dealkylation sites (tertiary alicyclic amines) is 1. The van der Waals surface area contributed by atoms with Crippen LogP contribution in [0, 0.1) is 11.5 Å². The van der Waals surface area contributed by atoms with Gasteiger partial charge in [-0.05, 0) is 26.8 Å². The average Bonchev–Trinajstić information content (AvgIpc) is 2.92. The average molecular weight is 361 g/mol. The minimum atomic E-state index is -1.46. The molecule has 1 amide bonds. The van der Waals surface area contributed by atoms with Crippen LogP contribution < -0.4 is 4.74 Å². The second-order valence-electron chi connectivity index (χ2n) is 8.33. The van der Waals surface area contributed by atoms with Gasteiger partial charge in [-0.1, -0.05) is 25.6 Å². The molecular formula is C19H28N2O3Si. The molecule has 0 spiro atoms. The molecule has 6 heteroatoms. The molecule has 1 aliphatic heterocycles. The van der Waals surface area contributed by atoms with Crippen molar-refractivity contribution in [1.29, 1.82) is 0 Å². The van der Waals surface area contributed by atoms with Gasteiger partial charge in [0, 0.05) is 19.2 Å². The highest BCUT2D eigenvalue weighted by molar-refractivity contribution is 6.83. The number of carbonyl (C=O) groups excluding carboxylic acids is 1. The number of hydrogen-bond acceptors (Lipinski definition) is 4. The van der Waals surface area contributed by atoms with Crippen molar-refractivity contribution in [3.8, 4) is 17.2 Å². The van der Waals surface area contributed by atoms with Gasteiger partial charge in [-0.15, -0.1) is 5.54 Å². The van der Waals surface area contributed by atoms with Crippen molar-refractivity contribution in [2.75, 3.05) is 13.1 Å². The minimum Gasteiger partial charge on any atom is -0.486 e. The number of hydrogen-bond donors (Lipinski definition) is 0. The zero-order chi connectivity index (χ0) is 18.7. The predicted molar refractivity (Wildman–Crippen MR) is 101 cm³/mol. The van der Waals surface area contributed by atoms with E-state index in [-0.39, 0.29) is 12.2 Å². The highest BCUT2D eigenvalue weighted by atomic mass is 28.3. The molecule has 1 aromatic heterocycles. The van der Waals surface area contributed by atoms with Crippen LogP contribution in [-0.4, -0.2) is 48.8 Å². The van der Waals surface area contributed by atoms with E-state index in [1.54, 1.807) is 17.3 Å². The molecule has 0 N–H and O–H groups in total. The van der Waals surface area contributed by atoms with Crippen molar-refractivity contribution >= 4 is 14.2 Å². The van der Waals surface area contributed by atoms with Gasteiger partial charge >= 0.3 is 6.09 Å². The summed E-state index contributed by atoms with van der Waals surface area (Å²) in [5, 5.41) is 0. The van der Waals surface area contributed by atoms with Crippen LogP contribution >= 0.6 is 0 Å². The number of amides is 1. The lowest BCUT2D eigenvalue weighted by molar-refractivity contribution is 0.0275. The van der Waals surface area contributed by atoms with Gasteiger partial charge in [0.1, 0.15) is 19.8 Å². The molecular weight excluding hydrogens is 332 g/mol. The molecule has 2 rings (SSSR count). The Labute approximate surface area is 151 Å². The lowest BCUT2D eigenvalue weighted by Gasteiger charge is -2.24. The Morgan fingerprint density at radius 2 is 2.08 bits per heavy atom. The third-order valence-electron chi connectivity index (χ3n) is 3.45. The molecule has 25 heavy (non-hydrogen) atoms. The lowest BCUT2D eigenvalue weighted by atomic mass is 10.2. The maximum absolute atomic E-state index is 12.2. The fourth-order valence-electron chi connectivity index (χ4n) is 2.33. The normalized spacial score (nSPS) is 17.7. The number of ether oxygens (including phenoxy) is 2. The van der Waals surface area contributed by atoms with E-state index in [1.165, 1.54) is 0 Å². The zero-order valence-electron chi connectivity index (χ0n) is 16.0. The van der Waals surface area contributed by atoms with E-state index in [0.717, 1.165) is 12.0 Å². The van der Waals surface area contributed by atoms with Gasteiger partial charge in [-0.25, -0.2) is 4.79 Å². The number of nitrogens with zero attached hydrogens (tertiary/aromatic N) is 2. The SMILES string of the molecule is CC(C)(C)OC(=O)N1CC[C@@H](Oc2cnccc2C#C[Si](C)(C)C)C1. The van der Waals surface area contributed by atoms with E-state index in [2.05, 4.69) is 36.1 Å². The van der Waals surface area contributed by atoms with Crippen molar-refractivity contribution in [1.82, 2.24) is 9.88 Å². The molecule has 5 nitrogen and oxygen atoms in total. The summed E-state index contributed by atoms with van der Waals surface area (Å²) in [6.45, 7) is 13.4. The quantitative estimate of drug-likeness (QED) is 0.596. The Morgan fingerprint density at radius 3 is 2.72 bits per heavy atom. The Bertz CT molecular complexity index is 680. The second-order valence-corrected chi connectivity index (χ2v) is 13.1. The first-order valence-electron chi connectivity index (χ1n) is 8.65. The first-order chi connectivity index (χ1) is 11.5. The van der Waals surface area contributed by atoms with Crippen molar-refractivity contribution in [3.63, 3.8) is 0 Å². The van der Waals surface area contributed by atoms with Crippen LogP contribution in [0.4, 0.5) is 4.79 Å². The molecule has 0 bridgehead atoms. The van der Waals surface area contributed by atoms with Gasteiger partial charge in [0.15, 0.2) is 5.75 Å². The van der Waals surface area contributed by atoms with Crippen LogP contribution in [-0.2, 0) is 4.74 Å². The standard InChI is InChI=1S/C19H28N2O3Si/c1-19(2,3)24-18(22)21-11-8-16(14-21)23-17-13-20-10-7-15(17)9-12-25(4,5)6/h7,10,13,16H,8,11,14H2,1-6H3/t16-/m1/s1. The van der Waals surface area contributed by atoms with Gasteiger partial charge in [0.25, 0.3) is 0 Å². The van der Waals surface area contributed by atoms with Crippen molar-refractivity contribution < 1.29 is 14.3 Å². The third kappa shape index (κ3) is 6.43. The van der Waals surface area contributed by atoms with Crippen molar-refractivity contribution in [3.05, 3.63) is 24.0 Å². The molecule has 0 saturated carbocycles. The summed E-state index contributed by atoms with van der Waals surface area (Å²) in [7, 11) is -1.46. The first kappa shape index (κ1) is 19.3. The van der Waals surface area contributed by atoms with E-state index in [0.29, 0.717) is 18.8 Å². The molecule has 1 aliphatic rings. The van der Waals surface area contributed by atoms with Gasteiger partial charge < -0.3 is 14.4 Å². The fraction of sp³-hybridized carbons (Fsp3) is 0.579. The zero-order valence-corrected chi connectivity index (χ0v) is 17.0. The summed E-state index contributed by atoms with van der Waals surface area (Å²) in [5.74, 6) is 3.92. The van der Waals surface area contributed by atoms with Crippen molar-refractivity contribution in [2.45, 2.75) is 58.5 Å². The predicted octanol–water partition coefficient (Wildman–Crippen LogP) is 3.70. The summed E-state index contributed by atoms with van der Waals surface area (Å²) in [4.78, 5) is 18.0. The van der Waals surface area contributed by atoms with Gasteiger partial charge in [0.2, 0.25) is 0 Å². The lowest BCUT2D eigenvalue weighted by Crippen LogP contribution is -2.36. The second kappa shape index (κ2) is 7.48. The van der Waals surface area contributed by atoms with Crippen LogP contribution in [0.3, 0.4) is 0 Å². The highest BCUT2D eigenvalue weighted by Crippen LogP contribution is 2.22. The summed E-state index contributed by atoms with van der Waals surface area (Å²) >= 11 is 0. The Hall–Kier alpha value is -2.00. The molecule has 1 saturated heterocycles.